The molecule has 2 amide bonds. The number of hydrogen-bond acceptors (Lipinski definition) is 4. The van der Waals surface area contributed by atoms with Gasteiger partial charge in [0.25, 0.3) is 15.9 Å². The lowest BCUT2D eigenvalue weighted by Crippen LogP contribution is -2.16. The molecule has 3 aromatic rings. The van der Waals surface area contributed by atoms with E-state index in [1.807, 2.05) is 13.0 Å². The Balaban J connectivity index is 1.81. The molecule has 0 saturated heterocycles. The van der Waals surface area contributed by atoms with Crippen LogP contribution in [-0.4, -0.2) is 20.2 Å². The van der Waals surface area contributed by atoms with Gasteiger partial charge in [-0.3, -0.25) is 14.3 Å². The zero-order chi connectivity index (χ0) is 22.6. The molecule has 7 nitrogen and oxygen atoms in total. The summed E-state index contributed by atoms with van der Waals surface area (Å²) in [6.07, 6.45) is 0. The molecule has 0 atom stereocenters. The molecule has 0 bridgehead atoms. The number of carbonyl (C=O) groups is 2. The summed E-state index contributed by atoms with van der Waals surface area (Å²) in [5, 5.41) is 4.89. The van der Waals surface area contributed by atoms with E-state index in [-0.39, 0.29) is 21.8 Å². The molecule has 0 aliphatic carbocycles. The lowest BCUT2D eigenvalue weighted by molar-refractivity contribution is -0.114. The highest BCUT2D eigenvalue weighted by Gasteiger charge is 2.17. The second kappa shape index (κ2) is 8.97. The van der Waals surface area contributed by atoms with Gasteiger partial charge in [-0.2, -0.15) is 0 Å². The van der Waals surface area contributed by atoms with Crippen LogP contribution in [0.15, 0.2) is 71.6 Å². The topological polar surface area (TPSA) is 104 Å². The molecule has 0 unspecified atom stereocenters. The van der Waals surface area contributed by atoms with E-state index in [2.05, 4.69) is 15.4 Å². The Morgan fingerprint density at radius 2 is 1.61 bits per heavy atom. The van der Waals surface area contributed by atoms with Crippen molar-refractivity contribution in [3.05, 3.63) is 83.7 Å². The molecule has 0 aliphatic rings. The van der Waals surface area contributed by atoms with E-state index in [1.54, 1.807) is 18.2 Å². The molecular weight excluding hydrogens is 421 g/mol. The van der Waals surface area contributed by atoms with Gasteiger partial charge in [0.2, 0.25) is 5.91 Å². The van der Waals surface area contributed by atoms with E-state index < -0.39 is 27.7 Å². The van der Waals surface area contributed by atoms with Crippen LogP contribution in [0.3, 0.4) is 0 Å². The Morgan fingerprint density at radius 3 is 2.32 bits per heavy atom. The van der Waals surface area contributed by atoms with Crippen LogP contribution in [0.25, 0.3) is 0 Å². The van der Waals surface area contributed by atoms with Gasteiger partial charge in [0.05, 0.1) is 10.6 Å². The zero-order valence-corrected chi connectivity index (χ0v) is 17.6. The number of hydrogen-bond donors (Lipinski definition) is 3. The minimum absolute atomic E-state index is 0.0796. The third kappa shape index (κ3) is 5.67. The molecule has 9 heteroatoms. The van der Waals surface area contributed by atoms with Crippen molar-refractivity contribution in [2.45, 2.75) is 18.7 Å². The fraction of sp³-hybridized carbons (Fsp3) is 0.0909. The van der Waals surface area contributed by atoms with Crippen LogP contribution in [0.4, 0.5) is 21.5 Å². The first-order chi connectivity index (χ1) is 14.6. The molecule has 3 rings (SSSR count). The standard InChI is InChI=1S/C22H20FN3O4S/c1-14-5-3-7-18(11-14)26-31(29,30)19-8-4-6-16(12-19)22(28)25-17-9-10-20(23)21(13-17)24-15(2)27/h3-13,26H,1-2H3,(H,24,27)(H,25,28). The highest BCUT2D eigenvalue weighted by atomic mass is 32.2. The van der Waals surface area contributed by atoms with Crippen molar-refractivity contribution in [2.75, 3.05) is 15.4 Å². The second-order valence-corrected chi connectivity index (χ2v) is 8.52. The summed E-state index contributed by atoms with van der Waals surface area (Å²) in [6.45, 7) is 3.08. The summed E-state index contributed by atoms with van der Waals surface area (Å²) in [5.41, 5.74) is 1.56. The number of nitrogens with one attached hydrogen (secondary N) is 3. The number of benzene rings is 3. The van der Waals surface area contributed by atoms with Crippen LogP contribution in [0.2, 0.25) is 0 Å². The summed E-state index contributed by atoms with van der Waals surface area (Å²) in [7, 11) is -3.91. The summed E-state index contributed by atoms with van der Waals surface area (Å²) >= 11 is 0. The van der Waals surface area contributed by atoms with Gasteiger partial charge in [-0.15, -0.1) is 0 Å². The SMILES string of the molecule is CC(=O)Nc1cc(NC(=O)c2cccc(S(=O)(=O)Nc3cccc(C)c3)c2)ccc1F. The Morgan fingerprint density at radius 1 is 0.871 bits per heavy atom. The van der Waals surface area contributed by atoms with E-state index in [4.69, 9.17) is 0 Å². The van der Waals surface area contributed by atoms with E-state index in [9.17, 15) is 22.4 Å². The number of sulfonamides is 1. The first-order valence-corrected chi connectivity index (χ1v) is 10.7. The van der Waals surface area contributed by atoms with Gasteiger partial charge in [-0.25, -0.2) is 12.8 Å². The molecule has 3 N–H and O–H groups in total. The number of amides is 2. The number of carbonyl (C=O) groups excluding carboxylic acids is 2. The van der Waals surface area contributed by atoms with Crippen molar-refractivity contribution in [3.8, 4) is 0 Å². The number of aryl methyl sites for hydroxylation is 1. The molecule has 0 aliphatic heterocycles. The van der Waals surface area contributed by atoms with Crippen molar-refractivity contribution in [1.82, 2.24) is 0 Å². The minimum Gasteiger partial charge on any atom is -0.324 e. The van der Waals surface area contributed by atoms with Crippen LogP contribution in [-0.2, 0) is 14.8 Å². The molecule has 3 aromatic carbocycles. The quantitative estimate of drug-likeness (QED) is 0.535. The largest absolute Gasteiger partial charge is 0.324 e. The summed E-state index contributed by atoms with van der Waals surface area (Å²) in [5.74, 6) is -1.70. The van der Waals surface area contributed by atoms with Gasteiger partial charge in [-0.05, 0) is 61.0 Å². The van der Waals surface area contributed by atoms with Gasteiger partial charge in [-0.1, -0.05) is 18.2 Å². The van der Waals surface area contributed by atoms with Crippen LogP contribution in [0.1, 0.15) is 22.8 Å². The molecule has 31 heavy (non-hydrogen) atoms. The third-order valence-electron chi connectivity index (χ3n) is 4.21. The maximum absolute atomic E-state index is 13.8. The molecule has 0 saturated carbocycles. The van der Waals surface area contributed by atoms with Crippen LogP contribution in [0.5, 0.6) is 0 Å². The van der Waals surface area contributed by atoms with Crippen molar-refractivity contribution >= 4 is 38.9 Å². The fourth-order valence-electron chi connectivity index (χ4n) is 2.82. The normalized spacial score (nSPS) is 10.9. The Hall–Kier alpha value is -3.72. The van der Waals surface area contributed by atoms with Crippen molar-refractivity contribution in [3.63, 3.8) is 0 Å². The van der Waals surface area contributed by atoms with Crippen LogP contribution < -0.4 is 15.4 Å². The smallest absolute Gasteiger partial charge is 0.261 e. The highest BCUT2D eigenvalue weighted by Crippen LogP contribution is 2.22. The zero-order valence-electron chi connectivity index (χ0n) is 16.8. The average Bonchev–Trinajstić information content (AvgIpc) is 2.70. The maximum Gasteiger partial charge on any atom is 0.261 e. The van der Waals surface area contributed by atoms with Crippen molar-refractivity contribution in [2.24, 2.45) is 0 Å². The van der Waals surface area contributed by atoms with Gasteiger partial charge in [0.1, 0.15) is 5.82 Å². The lowest BCUT2D eigenvalue weighted by Gasteiger charge is -2.11. The van der Waals surface area contributed by atoms with Gasteiger partial charge in [0.15, 0.2) is 0 Å². The van der Waals surface area contributed by atoms with Crippen LogP contribution in [0, 0.1) is 12.7 Å². The molecule has 160 valence electrons. The summed E-state index contributed by atoms with van der Waals surface area (Å²) in [4.78, 5) is 23.7. The summed E-state index contributed by atoms with van der Waals surface area (Å²) < 4.78 is 41.7. The number of anilines is 3. The van der Waals surface area contributed by atoms with Crippen molar-refractivity contribution < 1.29 is 22.4 Å². The van der Waals surface area contributed by atoms with E-state index >= 15 is 0 Å². The second-order valence-electron chi connectivity index (χ2n) is 6.83. The van der Waals surface area contributed by atoms with Crippen LogP contribution >= 0.6 is 0 Å². The van der Waals surface area contributed by atoms with E-state index in [1.165, 1.54) is 43.3 Å². The highest BCUT2D eigenvalue weighted by molar-refractivity contribution is 7.92. The van der Waals surface area contributed by atoms with Gasteiger partial charge in [0, 0.05) is 23.9 Å². The minimum atomic E-state index is -3.91. The first kappa shape index (κ1) is 22.0. The number of halogens is 1. The molecule has 0 fully saturated rings. The molecule has 0 heterocycles. The van der Waals surface area contributed by atoms with E-state index in [0.29, 0.717) is 5.69 Å². The summed E-state index contributed by atoms with van der Waals surface area (Å²) in [6, 6.07) is 16.1. The molecular formula is C22H20FN3O4S. The maximum atomic E-state index is 13.8. The van der Waals surface area contributed by atoms with Gasteiger partial charge >= 0.3 is 0 Å². The molecule has 0 radical (unpaired) electrons. The first-order valence-electron chi connectivity index (χ1n) is 9.22. The molecule has 0 aromatic heterocycles. The van der Waals surface area contributed by atoms with E-state index in [0.717, 1.165) is 11.6 Å². The predicted molar refractivity (Wildman–Crippen MR) is 117 cm³/mol. The van der Waals surface area contributed by atoms with Gasteiger partial charge < -0.3 is 10.6 Å². The lowest BCUT2D eigenvalue weighted by atomic mass is 10.2. The average molecular weight is 441 g/mol. The van der Waals surface area contributed by atoms with Crippen molar-refractivity contribution in [1.29, 1.82) is 0 Å². The number of rotatable bonds is 6. The monoisotopic (exact) mass is 441 g/mol. The predicted octanol–water partition coefficient (Wildman–Crippen LogP) is 4.15. The molecule has 0 spiro atoms. The Bertz CT molecular complexity index is 1260. The third-order valence-corrected chi connectivity index (χ3v) is 5.59. The Labute approximate surface area is 179 Å². The Kier molecular flexibility index (Phi) is 6.36. The fourth-order valence-corrected chi connectivity index (χ4v) is 3.91.